The van der Waals surface area contributed by atoms with Gasteiger partial charge in [-0.3, -0.25) is 19.8 Å². The Balaban J connectivity index is 1.34. The lowest BCUT2D eigenvalue weighted by Gasteiger charge is -2.31. The molecule has 5 rings (SSSR count). The van der Waals surface area contributed by atoms with Crippen LogP contribution in [-0.2, 0) is 14.3 Å². The first-order chi connectivity index (χ1) is 15.6. The minimum Gasteiger partial charge on any atom is -0.492 e. The molecule has 2 aromatic carbocycles. The number of hydrogen-bond donors (Lipinski definition) is 1. The van der Waals surface area contributed by atoms with E-state index in [1.807, 2.05) is 30.3 Å². The van der Waals surface area contributed by atoms with Crippen LogP contribution in [0.3, 0.4) is 0 Å². The fraction of sp³-hybridized carbons (Fsp3) is 0.458. The van der Waals surface area contributed by atoms with E-state index in [9.17, 15) is 9.59 Å². The van der Waals surface area contributed by atoms with Crippen molar-refractivity contribution in [1.82, 2.24) is 15.4 Å². The molecule has 2 aliphatic heterocycles. The van der Waals surface area contributed by atoms with Crippen LogP contribution >= 0.6 is 0 Å². The molecular weight excluding hydrogens is 410 g/mol. The summed E-state index contributed by atoms with van der Waals surface area (Å²) in [6, 6.07) is 10.3. The van der Waals surface area contributed by atoms with Gasteiger partial charge in [0.15, 0.2) is 5.58 Å². The van der Waals surface area contributed by atoms with Crippen molar-refractivity contribution in [2.45, 2.75) is 37.6 Å². The molecule has 2 fully saturated rings. The highest BCUT2D eigenvalue weighted by Crippen LogP contribution is 2.36. The predicted octanol–water partition coefficient (Wildman–Crippen LogP) is 2.99. The summed E-state index contributed by atoms with van der Waals surface area (Å²) in [7, 11) is 2.14. The quantitative estimate of drug-likeness (QED) is 0.593. The number of nitrogens with zero attached hydrogens (tertiary/aromatic N) is 2. The van der Waals surface area contributed by atoms with Gasteiger partial charge in [-0.25, -0.2) is 0 Å². The predicted molar refractivity (Wildman–Crippen MR) is 119 cm³/mol. The highest BCUT2D eigenvalue weighted by atomic mass is 16.5. The number of benzene rings is 2. The van der Waals surface area contributed by atoms with E-state index in [0.717, 1.165) is 54.5 Å². The molecule has 0 unspecified atom stereocenters. The smallest absolute Gasteiger partial charge is 0.235 e. The summed E-state index contributed by atoms with van der Waals surface area (Å²) in [6.45, 7) is 3.13. The summed E-state index contributed by atoms with van der Waals surface area (Å²) in [4.78, 5) is 26.2. The van der Waals surface area contributed by atoms with Crippen LogP contribution in [-0.4, -0.2) is 61.3 Å². The Morgan fingerprint density at radius 3 is 2.81 bits per heavy atom. The van der Waals surface area contributed by atoms with Crippen LogP contribution in [0.15, 0.2) is 34.9 Å². The first-order valence-corrected chi connectivity index (χ1v) is 11.2. The third-order valence-electron chi connectivity index (χ3n) is 6.55. The van der Waals surface area contributed by atoms with Gasteiger partial charge in [-0.2, -0.15) is 0 Å². The van der Waals surface area contributed by atoms with Crippen LogP contribution in [0.5, 0.6) is 5.75 Å². The number of fused-ring (bicyclic) bond motifs is 3. The zero-order valence-corrected chi connectivity index (χ0v) is 18.1. The van der Waals surface area contributed by atoms with E-state index in [4.69, 9.17) is 14.0 Å². The summed E-state index contributed by atoms with van der Waals surface area (Å²) < 4.78 is 17.0. The first kappa shape index (κ1) is 20.9. The fourth-order valence-electron chi connectivity index (χ4n) is 4.67. The van der Waals surface area contributed by atoms with E-state index in [0.29, 0.717) is 36.8 Å². The third kappa shape index (κ3) is 4.08. The van der Waals surface area contributed by atoms with Gasteiger partial charge in [0.25, 0.3) is 0 Å². The molecule has 168 valence electrons. The van der Waals surface area contributed by atoms with E-state index >= 15 is 0 Å². The van der Waals surface area contributed by atoms with Gasteiger partial charge >= 0.3 is 0 Å². The van der Waals surface area contributed by atoms with E-state index in [1.165, 1.54) is 0 Å². The van der Waals surface area contributed by atoms with Gasteiger partial charge in [0.05, 0.1) is 11.3 Å². The molecule has 8 nitrogen and oxygen atoms in total. The summed E-state index contributed by atoms with van der Waals surface area (Å²) in [6.07, 6.45) is 2.87. The molecule has 0 saturated carbocycles. The average Bonchev–Trinajstić information content (AvgIpc) is 3.24. The van der Waals surface area contributed by atoms with Crippen molar-refractivity contribution in [3.05, 3.63) is 36.0 Å². The van der Waals surface area contributed by atoms with Gasteiger partial charge in [-0.05, 0) is 61.3 Å². The van der Waals surface area contributed by atoms with Crippen molar-refractivity contribution in [2.24, 2.45) is 0 Å². The number of piperidine rings is 1. The highest BCUT2D eigenvalue weighted by molar-refractivity contribution is 6.10. The Kier molecular flexibility index (Phi) is 5.80. The van der Waals surface area contributed by atoms with Crippen molar-refractivity contribution in [3.8, 4) is 5.75 Å². The second-order valence-electron chi connectivity index (χ2n) is 8.57. The number of amides is 2. The Morgan fingerprint density at radius 2 is 2.00 bits per heavy atom. The van der Waals surface area contributed by atoms with Crippen LogP contribution in [0.2, 0.25) is 0 Å². The second kappa shape index (κ2) is 8.88. The zero-order valence-electron chi connectivity index (χ0n) is 18.1. The molecule has 0 bridgehead atoms. The third-order valence-corrected chi connectivity index (χ3v) is 6.55. The first-order valence-electron chi connectivity index (χ1n) is 11.2. The maximum atomic E-state index is 12.4. The number of likely N-dealkylation sites (N-methyl/N-ethyl adjacent to an activating group) is 1. The van der Waals surface area contributed by atoms with Gasteiger partial charge < -0.3 is 14.0 Å². The molecule has 0 spiro atoms. The molecule has 1 aromatic heterocycles. The lowest BCUT2D eigenvalue weighted by molar-refractivity contribution is -0.134. The molecule has 3 aromatic rings. The highest BCUT2D eigenvalue weighted by Gasteiger charge is 2.32. The van der Waals surface area contributed by atoms with Crippen molar-refractivity contribution >= 4 is 33.6 Å². The van der Waals surface area contributed by atoms with Crippen molar-refractivity contribution in [3.63, 3.8) is 0 Å². The van der Waals surface area contributed by atoms with Crippen molar-refractivity contribution in [1.29, 1.82) is 0 Å². The molecule has 32 heavy (non-hydrogen) atoms. The number of carbonyl (C=O) groups excluding carboxylic acids is 2. The van der Waals surface area contributed by atoms with Gasteiger partial charge in [0.2, 0.25) is 11.8 Å². The van der Waals surface area contributed by atoms with Crippen molar-refractivity contribution in [2.75, 3.05) is 33.4 Å². The number of hydrogen-bond acceptors (Lipinski definition) is 7. The summed E-state index contributed by atoms with van der Waals surface area (Å²) >= 11 is 0. The topological polar surface area (TPSA) is 93.9 Å². The number of imide groups is 1. The number of nitrogens with one attached hydrogen (secondary N) is 1. The maximum Gasteiger partial charge on any atom is 0.235 e. The maximum absolute atomic E-state index is 12.4. The lowest BCUT2D eigenvalue weighted by atomic mass is 9.91. The Morgan fingerprint density at radius 1 is 1.16 bits per heavy atom. The second-order valence-corrected chi connectivity index (χ2v) is 8.57. The Hall–Kier alpha value is -2.97. The van der Waals surface area contributed by atoms with E-state index < -0.39 is 5.92 Å². The largest absolute Gasteiger partial charge is 0.492 e. The van der Waals surface area contributed by atoms with Gasteiger partial charge in [0.1, 0.15) is 18.1 Å². The monoisotopic (exact) mass is 437 g/mol. The van der Waals surface area contributed by atoms with E-state index in [2.05, 4.69) is 22.4 Å². The van der Waals surface area contributed by atoms with E-state index in [1.54, 1.807) is 0 Å². The minimum absolute atomic E-state index is 0.242. The molecule has 1 atom stereocenters. The van der Waals surface area contributed by atoms with Crippen LogP contribution in [0.4, 0.5) is 0 Å². The SMILES string of the molecule is CN(CCOc1ccc2c(ccc3onc([C@@H]4CCC(=O)NC4=O)c32)c1)C1CCOCC1. The molecule has 1 N–H and O–H groups in total. The van der Waals surface area contributed by atoms with E-state index in [-0.39, 0.29) is 11.8 Å². The number of rotatable bonds is 6. The Bertz CT molecular complexity index is 1150. The van der Waals surface area contributed by atoms with Crippen molar-refractivity contribution < 1.29 is 23.6 Å². The number of ether oxygens (including phenoxy) is 2. The molecular formula is C24H27N3O5. The van der Waals surface area contributed by atoms with Crippen LogP contribution < -0.4 is 10.1 Å². The number of carbonyl (C=O) groups is 2. The molecule has 0 radical (unpaired) electrons. The molecule has 2 aliphatic rings. The minimum atomic E-state index is -0.490. The number of aromatic nitrogens is 1. The van der Waals surface area contributed by atoms with Crippen LogP contribution in [0, 0.1) is 0 Å². The van der Waals surface area contributed by atoms with Gasteiger partial charge in [-0.1, -0.05) is 11.2 Å². The standard InChI is InChI=1S/C24H27N3O5/c1-27(16-8-11-30-12-9-16)10-13-31-17-3-4-18-15(14-17)2-6-20-22(18)23(26-32-20)19-5-7-21(28)25-24(19)29/h2-4,6,14,16,19H,5,7-13H2,1H3,(H,25,28,29)/t19-/m0/s1. The van der Waals surface area contributed by atoms with Gasteiger partial charge in [0, 0.05) is 32.2 Å². The molecule has 3 heterocycles. The van der Waals surface area contributed by atoms with Gasteiger partial charge in [-0.15, -0.1) is 0 Å². The Labute approximate surface area is 185 Å². The molecule has 8 heteroatoms. The molecule has 2 saturated heterocycles. The zero-order chi connectivity index (χ0) is 22.1. The van der Waals surface area contributed by atoms with Crippen LogP contribution in [0.1, 0.15) is 37.3 Å². The summed E-state index contributed by atoms with van der Waals surface area (Å²) in [5, 5.41) is 9.36. The molecule has 0 aliphatic carbocycles. The normalized spacial score (nSPS) is 20.2. The summed E-state index contributed by atoms with van der Waals surface area (Å²) in [5.74, 6) is -0.248. The van der Waals surface area contributed by atoms with Crippen LogP contribution in [0.25, 0.3) is 21.7 Å². The fourth-order valence-corrected chi connectivity index (χ4v) is 4.67. The average molecular weight is 437 g/mol. The molecule has 2 amide bonds. The lowest BCUT2D eigenvalue weighted by Crippen LogP contribution is -2.39. The summed E-state index contributed by atoms with van der Waals surface area (Å²) in [5.41, 5.74) is 1.21.